The van der Waals surface area contributed by atoms with Crippen LogP contribution in [-0.2, 0) is 6.61 Å². The van der Waals surface area contributed by atoms with Crippen molar-refractivity contribution in [2.24, 2.45) is 5.10 Å². The van der Waals surface area contributed by atoms with Crippen molar-refractivity contribution in [3.63, 3.8) is 0 Å². The first kappa shape index (κ1) is 24.6. The number of aromatic nitrogens is 2. The molecular formula is C31H22BrN3O4. The summed E-state index contributed by atoms with van der Waals surface area (Å²) in [5.41, 5.74) is 2.69. The van der Waals surface area contributed by atoms with Gasteiger partial charge in [-0.1, -0.05) is 58.4 Å². The Bertz CT molecular complexity index is 1890. The van der Waals surface area contributed by atoms with Crippen molar-refractivity contribution < 1.29 is 13.9 Å². The van der Waals surface area contributed by atoms with Crippen LogP contribution in [0, 0.1) is 0 Å². The van der Waals surface area contributed by atoms with E-state index < -0.39 is 0 Å². The molecule has 6 rings (SSSR count). The Morgan fingerprint density at radius 2 is 1.77 bits per heavy atom. The zero-order valence-electron chi connectivity index (χ0n) is 20.9. The average molecular weight is 580 g/mol. The lowest BCUT2D eigenvalue weighted by molar-refractivity contribution is 0.306. The van der Waals surface area contributed by atoms with Crippen LogP contribution in [-0.4, -0.2) is 23.0 Å². The molecule has 2 aromatic heterocycles. The number of halogens is 1. The van der Waals surface area contributed by atoms with E-state index in [9.17, 15) is 4.79 Å². The van der Waals surface area contributed by atoms with Gasteiger partial charge < -0.3 is 13.9 Å². The van der Waals surface area contributed by atoms with Crippen molar-refractivity contribution in [2.75, 3.05) is 7.11 Å². The van der Waals surface area contributed by atoms with Gasteiger partial charge in [-0.2, -0.15) is 9.78 Å². The lowest BCUT2D eigenvalue weighted by atomic mass is 10.2. The van der Waals surface area contributed by atoms with Crippen LogP contribution in [0.5, 0.6) is 11.5 Å². The van der Waals surface area contributed by atoms with Gasteiger partial charge in [0.1, 0.15) is 23.7 Å². The van der Waals surface area contributed by atoms with Gasteiger partial charge >= 0.3 is 0 Å². The molecule has 39 heavy (non-hydrogen) atoms. The van der Waals surface area contributed by atoms with E-state index in [-0.39, 0.29) is 11.4 Å². The third-order valence-corrected chi connectivity index (χ3v) is 6.74. The lowest BCUT2D eigenvalue weighted by Crippen LogP contribution is -2.20. The van der Waals surface area contributed by atoms with Gasteiger partial charge in [-0.05, 0) is 65.7 Å². The standard InChI is InChI=1S/C31H22BrN3O4/c1-37-27-10-5-11-28-25(27)17-29(39-28)30-34-26-9-3-2-8-24(26)31(36)35(30)33-18-21-6-4-7-23(16-21)38-19-20-12-14-22(32)15-13-20/h2-18H,19H2,1H3. The average Bonchev–Trinajstić information content (AvgIpc) is 3.41. The summed E-state index contributed by atoms with van der Waals surface area (Å²) in [6.45, 7) is 0.432. The molecule has 2 heterocycles. The largest absolute Gasteiger partial charge is 0.496 e. The number of methoxy groups -OCH3 is 1. The first-order valence-corrected chi connectivity index (χ1v) is 13.0. The molecule has 0 N–H and O–H groups in total. The molecule has 0 unspecified atom stereocenters. The second-order valence-corrected chi connectivity index (χ2v) is 9.70. The number of para-hydroxylation sites is 1. The summed E-state index contributed by atoms with van der Waals surface area (Å²) in [7, 11) is 1.60. The molecule has 0 spiro atoms. The molecule has 6 aromatic rings. The van der Waals surface area contributed by atoms with E-state index in [1.165, 1.54) is 4.68 Å². The minimum Gasteiger partial charge on any atom is -0.496 e. The minimum absolute atomic E-state index is 0.288. The maximum absolute atomic E-state index is 13.5. The molecule has 0 saturated heterocycles. The molecule has 8 heteroatoms. The van der Waals surface area contributed by atoms with Crippen LogP contribution in [0.2, 0.25) is 0 Å². The highest BCUT2D eigenvalue weighted by atomic mass is 79.9. The van der Waals surface area contributed by atoms with Crippen LogP contribution < -0.4 is 15.0 Å². The Morgan fingerprint density at radius 1 is 0.949 bits per heavy atom. The fourth-order valence-electron chi connectivity index (χ4n) is 4.27. The van der Waals surface area contributed by atoms with Crippen molar-refractivity contribution >= 4 is 44.0 Å². The number of fused-ring (bicyclic) bond motifs is 2. The van der Waals surface area contributed by atoms with Gasteiger partial charge in [0.05, 0.1) is 29.6 Å². The first-order valence-electron chi connectivity index (χ1n) is 12.2. The third-order valence-electron chi connectivity index (χ3n) is 6.21. The van der Waals surface area contributed by atoms with Gasteiger partial charge in [0.2, 0.25) is 5.82 Å². The Kier molecular flexibility index (Phi) is 6.69. The quantitative estimate of drug-likeness (QED) is 0.189. The van der Waals surface area contributed by atoms with E-state index in [1.54, 1.807) is 31.5 Å². The van der Waals surface area contributed by atoms with Gasteiger partial charge in [-0.25, -0.2) is 4.98 Å². The van der Waals surface area contributed by atoms with Gasteiger partial charge in [0.15, 0.2) is 5.76 Å². The predicted octanol–water partition coefficient (Wildman–Crippen LogP) is 7.04. The van der Waals surface area contributed by atoms with Crippen LogP contribution in [0.4, 0.5) is 0 Å². The molecule has 0 aliphatic rings. The van der Waals surface area contributed by atoms with Gasteiger partial charge in [-0.15, -0.1) is 0 Å². The van der Waals surface area contributed by atoms with Gasteiger partial charge in [0.25, 0.3) is 5.56 Å². The Labute approximate surface area is 232 Å². The summed E-state index contributed by atoms with van der Waals surface area (Å²) < 4.78 is 19.8. The highest BCUT2D eigenvalue weighted by molar-refractivity contribution is 9.10. The number of ether oxygens (including phenoxy) is 2. The number of benzene rings is 4. The van der Waals surface area contributed by atoms with Crippen LogP contribution >= 0.6 is 15.9 Å². The van der Waals surface area contributed by atoms with Crippen LogP contribution in [0.1, 0.15) is 11.1 Å². The summed E-state index contributed by atoms with van der Waals surface area (Å²) >= 11 is 3.45. The molecular weight excluding hydrogens is 558 g/mol. The highest BCUT2D eigenvalue weighted by Crippen LogP contribution is 2.33. The van der Waals surface area contributed by atoms with E-state index >= 15 is 0 Å². The summed E-state index contributed by atoms with van der Waals surface area (Å²) in [6.07, 6.45) is 1.61. The summed E-state index contributed by atoms with van der Waals surface area (Å²) in [5.74, 6) is 2.05. The van der Waals surface area contributed by atoms with Crippen LogP contribution in [0.3, 0.4) is 0 Å². The normalized spacial score (nSPS) is 11.4. The number of rotatable bonds is 7. The van der Waals surface area contributed by atoms with E-state index in [0.717, 1.165) is 21.0 Å². The van der Waals surface area contributed by atoms with Crippen molar-refractivity contribution in [1.29, 1.82) is 0 Å². The second kappa shape index (κ2) is 10.6. The Hall–Kier alpha value is -4.69. The molecule has 0 atom stereocenters. The van der Waals surface area contributed by atoms with Crippen molar-refractivity contribution in [2.45, 2.75) is 6.61 Å². The molecule has 0 radical (unpaired) electrons. The van der Waals surface area contributed by atoms with Gasteiger partial charge in [0, 0.05) is 4.47 Å². The van der Waals surface area contributed by atoms with Gasteiger partial charge in [-0.3, -0.25) is 4.79 Å². The minimum atomic E-state index is -0.304. The fraction of sp³-hybridized carbons (Fsp3) is 0.0645. The predicted molar refractivity (Wildman–Crippen MR) is 156 cm³/mol. The molecule has 0 saturated carbocycles. The number of hydrogen-bond donors (Lipinski definition) is 0. The molecule has 192 valence electrons. The molecule has 0 aliphatic heterocycles. The van der Waals surface area contributed by atoms with E-state index in [4.69, 9.17) is 18.9 Å². The molecule has 0 bridgehead atoms. The van der Waals surface area contributed by atoms with Crippen molar-refractivity contribution in [3.8, 4) is 23.1 Å². The lowest BCUT2D eigenvalue weighted by Gasteiger charge is -2.08. The molecule has 0 fully saturated rings. The van der Waals surface area contributed by atoms with E-state index in [0.29, 0.717) is 40.4 Å². The van der Waals surface area contributed by atoms with Crippen LogP contribution in [0.15, 0.2) is 116 Å². The maximum atomic E-state index is 13.5. The molecule has 0 amide bonds. The Balaban J connectivity index is 1.38. The van der Waals surface area contributed by atoms with E-state index in [2.05, 4.69) is 21.0 Å². The summed E-state index contributed by atoms with van der Waals surface area (Å²) in [5, 5.41) is 5.79. The smallest absolute Gasteiger partial charge is 0.282 e. The zero-order chi connectivity index (χ0) is 26.8. The Morgan fingerprint density at radius 3 is 2.62 bits per heavy atom. The number of nitrogens with zero attached hydrogens (tertiary/aromatic N) is 3. The number of furan rings is 1. The zero-order valence-corrected chi connectivity index (χ0v) is 22.5. The SMILES string of the molecule is COc1cccc2oc(-c3nc4ccccc4c(=O)n3N=Cc3cccc(OCc4ccc(Br)cc4)c3)cc12. The van der Waals surface area contributed by atoms with E-state index in [1.807, 2.05) is 78.9 Å². The summed E-state index contributed by atoms with van der Waals surface area (Å²) in [4.78, 5) is 18.3. The molecule has 7 nitrogen and oxygen atoms in total. The topological polar surface area (TPSA) is 78.9 Å². The monoisotopic (exact) mass is 579 g/mol. The molecule has 0 aliphatic carbocycles. The number of hydrogen-bond acceptors (Lipinski definition) is 6. The van der Waals surface area contributed by atoms with Crippen molar-refractivity contribution in [3.05, 3.63) is 123 Å². The van der Waals surface area contributed by atoms with Crippen molar-refractivity contribution in [1.82, 2.24) is 9.66 Å². The highest BCUT2D eigenvalue weighted by Gasteiger charge is 2.17. The summed E-state index contributed by atoms with van der Waals surface area (Å²) in [6, 6.07) is 30.0. The van der Waals surface area contributed by atoms with Crippen LogP contribution in [0.25, 0.3) is 33.5 Å². The first-order chi connectivity index (χ1) is 19.1. The second-order valence-electron chi connectivity index (χ2n) is 8.78. The molecule has 4 aromatic carbocycles. The third kappa shape index (κ3) is 5.06. The maximum Gasteiger partial charge on any atom is 0.282 e. The fourth-order valence-corrected chi connectivity index (χ4v) is 4.53.